The van der Waals surface area contributed by atoms with Crippen LogP contribution in [0.25, 0.3) is 0 Å². The minimum absolute atomic E-state index is 0.0711. The Hall–Kier alpha value is -1.02. The maximum absolute atomic E-state index is 12.4. The standard InChI is InChI=1S/C16H26F3NO4/c1-14(2,3)24-13(21)20-11-7-15(22,5-4-6-16(17,18)19)8-12(20)10-23-9-11/h11-12,22H,4-10H2,1-3H3. The highest BCUT2D eigenvalue weighted by atomic mass is 19.4. The Kier molecular flexibility index (Phi) is 5.40. The number of carbonyl (C=O) groups is 1. The van der Waals surface area contributed by atoms with Crippen LogP contribution in [-0.2, 0) is 9.47 Å². The molecular weight excluding hydrogens is 327 g/mol. The van der Waals surface area contributed by atoms with E-state index in [1.54, 1.807) is 25.7 Å². The first kappa shape index (κ1) is 19.3. The summed E-state index contributed by atoms with van der Waals surface area (Å²) in [7, 11) is 0. The lowest BCUT2D eigenvalue weighted by molar-refractivity contribution is -0.151. The summed E-state index contributed by atoms with van der Waals surface area (Å²) in [5, 5.41) is 10.7. The van der Waals surface area contributed by atoms with E-state index >= 15 is 0 Å². The Bertz CT molecular complexity index is 447. The maximum Gasteiger partial charge on any atom is 0.410 e. The van der Waals surface area contributed by atoms with E-state index in [2.05, 4.69) is 0 Å². The summed E-state index contributed by atoms with van der Waals surface area (Å²) >= 11 is 0. The Morgan fingerprint density at radius 2 is 1.79 bits per heavy atom. The minimum atomic E-state index is -4.22. The van der Waals surface area contributed by atoms with Gasteiger partial charge in [-0.1, -0.05) is 0 Å². The summed E-state index contributed by atoms with van der Waals surface area (Å²) in [5.41, 5.74) is -1.82. The summed E-state index contributed by atoms with van der Waals surface area (Å²) < 4.78 is 47.8. The number of nitrogens with zero attached hydrogens (tertiary/aromatic N) is 1. The molecule has 2 unspecified atom stereocenters. The van der Waals surface area contributed by atoms with E-state index in [0.29, 0.717) is 0 Å². The van der Waals surface area contributed by atoms with Crippen molar-refractivity contribution in [2.75, 3.05) is 13.2 Å². The van der Waals surface area contributed by atoms with Crippen LogP contribution < -0.4 is 0 Å². The molecule has 0 aromatic carbocycles. The van der Waals surface area contributed by atoms with E-state index in [1.165, 1.54) is 0 Å². The Morgan fingerprint density at radius 3 is 2.25 bits per heavy atom. The highest BCUT2D eigenvalue weighted by Gasteiger charge is 2.49. The summed E-state index contributed by atoms with van der Waals surface area (Å²) in [6.07, 6.45) is -5.21. The molecule has 2 aliphatic rings. The van der Waals surface area contributed by atoms with Crippen LogP contribution in [0.15, 0.2) is 0 Å². The third-order valence-electron chi connectivity index (χ3n) is 4.35. The number of alkyl halides is 3. The average molecular weight is 353 g/mol. The lowest BCUT2D eigenvalue weighted by atomic mass is 9.78. The molecule has 24 heavy (non-hydrogen) atoms. The summed E-state index contributed by atoms with van der Waals surface area (Å²) in [4.78, 5) is 14.0. The normalized spacial score (nSPS) is 31.0. The van der Waals surface area contributed by atoms with E-state index in [1.807, 2.05) is 0 Å². The molecule has 5 nitrogen and oxygen atoms in total. The quantitative estimate of drug-likeness (QED) is 0.846. The van der Waals surface area contributed by atoms with Crippen molar-refractivity contribution >= 4 is 6.09 Å². The van der Waals surface area contributed by atoms with Crippen LogP contribution in [0.1, 0.15) is 52.9 Å². The molecule has 2 bridgehead atoms. The van der Waals surface area contributed by atoms with Crippen LogP contribution in [0, 0.1) is 0 Å². The number of amides is 1. The fourth-order valence-corrected chi connectivity index (χ4v) is 3.51. The maximum atomic E-state index is 12.4. The lowest BCUT2D eigenvalue weighted by Gasteiger charge is -2.51. The van der Waals surface area contributed by atoms with Gasteiger partial charge in [0.15, 0.2) is 0 Å². The monoisotopic (exact) mass is 353 g/mol. The zero-order valence-electron chi connectivity index (χ0n) is 14.4. The van der Waals surface area contributed by atoms with Crippen molar-refractivity contribution in [1.29, 1.82) is 0 Å². The van der Waals surface area contributed by atoms with Crippen molar-refractivity contribution in [2.24, 2.45) is 0 Å². The van der Waals surface area contributed by atoms with Gasteiger partial charge in [0.05, 0.1) is 30.9 Å². The number of morpholine rings is 1. The molecule has 2 heterocycles. The van der Waals surface area contributed by atoms with Gasteiger partial charge in [-0.2, -0.15) is 13.2 Å². The minimum Gasteiger partial charge on any atom is -0.444 e. The predicted molar refractivity (Wildman–Crippen MR) is 80.6 cm³/mol. The SMILES string of the molecule is CC(C)(C)OC(=O)N1C2COCC1CC(O)(CCCC(F)(F)F)C2. The number of hydrogen-bond acceptors (Lipinski definition) is 4. The molecule has 1 N–H and O–H groups in total. The number of carbonyl (C=O) groups excluding carboxylic acids is 1. The largest absolute Gasteiger partial charge is 0.444 e. The average Bonchev–Trinajstić information content (AvgIpc) is 2.33. The number of ether oxygens (including phenoxy) is 2. The first-order valence-corrected chi connectivity index (χ1v) is 8.27. The van der Waals surface area contributed by atoms with Crippen LogP contribution in [0.2, 0.25) is 0 Å². The topological polar surface area (TPSA) is 59.0 Å². The van der Waals surface area contributed by atoms with Gasteiger partial charge in [-0.15, -0.1) is 0 Å². The van der Waals surface area contributed by atoms with Gasteiger partial charge in [0, 0.05) is 6.42 Å². The molecule has 1 amide bonds. The molecule has 0 aliphatic carbocycles. The molecule has 2 fully saturated rings. The highest BCUT2D eigenvalue weighted by molar-refractivity contribution is 5.69. The molecule has 0 spiro atoms. The molecule has 0 aromatic rings. The number of fused-ring (bicyclic) bond motifs is 2. The third kappa shape index (κ3) is 5.24. The summed E-state index contributed by atoms with van der Waals surface area (Å²) in [6, 6.07) is -0.744. The van der Waals surface area contributed by atoms with Crippen molar-refractivity contribution in [3.05, 3.63) is 0 Å². The van der Waals surface area contributed by atoms with Crippen molar-refractivity contribution in [3.8, 4) is 0 Å². The van der Waals surface area contributed by atoms with Crippen molar-refractivity contribution in [1.82, 2.24) is 4.90 Å². The number of piperidine rings is 1. The molecule has 140 valence electrons. The molecule has 0 aromatic heterocycles. The van der Waals surface area contributed by atoms with Crippen molar-refractivity contribution in [2.45, 2.75) is 82.3 Å². The van der Waals surface area contributed by atoms with E-state index in [-0.39, 0.29) is 51.0 Å². The molecule has 2 aliphatic heterocycles. The van der Waals surface area contributed by atoms with Crippen molar-refractivity contribution < 1.29 is 32.5 Å². The number of rotatable bonds is 3. The number of hydrogen-bond donors (Lipinski definition) is 1. The van der Waals surface area contributed by atoms with Gasteiger partial charge in [0.25, 0.3) is 0 Å². The lowest BCUT2D eigenvalue weighted by Crippen LogP contribution is -2.64. The zero-order chi connectivity index (χ0) is 18.2. The van der Waals surface area contributed by atoms with Crippen LogP contribution in [0.5, 0.6) is 0 Å². The molecule has 0 saturated carbocycles. The second-order valence-electron chi connectivity index (χ2n) is 7.83. The Labute approximate surface area is 140 Å². The molecular formula is C16H26F3NO4. The van der Waals surface area contributed by atoms with Gasteiger partial charge in [0.1, 0.15) is 5.60 Å². The van der Waals surface area contributed by atoms with E-state index in [4.69, 9.17) is 9.47 Å². The third-order valence-corrected chi connectivity index (χ3v) is 4.35. The zero-order valence-corrected chi connectivity index (χ0v) is 14.4. The van der Waals surface area contributed by atoms with Gasteiger partial charge in [-0.05, 0) is 46.5 Å². The number of aliphatic hydroxyl groups is 1. The van der Waals surface area contributed by atoms with Crippen molar-refractivity contribution in [3.63, 3.8) is 0 Å². The Balaban J connectivity index is 2.00. The predicted octanol–water partition coefficient (Wildman–Crippen LogP) is 3.25. The smallest absolute Gasteiger partial charge is 0.410 e. The highest BCUT2D eigenvalue weighted by Crippen LogP contribution is 2.39. The fraction of sp³-hybridized carbons (Fsp3) is 0.938. The van der Waals surface area contributed by atoms with Crippen LogP contribution >= 0.6 is 0 Å². The Morgan fingerprint density at radius 1 is 1.25 bits per heavy atom. The molecule has 2 atom stereocenters. The van der Waals surface area contributed by atoms with Gasteiger partial charge in [-0.3, -0.25) is 4.90 Å². The van der Waals surface area contributed by atoms with E-state index in [9.17, 15) is 23.1 Å². The molecule has 2 saturated heterocycles. The molecule has 8 heteroatoms. The van der Waals surface area contributed by atoms with E-state index < -0.39 is 29.9 Å². The summed E-state index contributed by atoms with van der Waals surface area (Å²) in [5.74, 6) is 0. The first-order valence-electron chi connectivity index (χ1n) is 8.27. The second-order valence-corrected chi connectivity index (χ2v) is 7.83. The van der Waals surface area contributed by atoms with Gasteiger partial charge in [-0.25, -0.2) is 4.79 Å². The van der Waals surface area contributed by atoms with Crippen LogP contribution in [0.4, 0.5) is 18.0 Å². The fourth-order valence-electron chi connectivity index (χ4n) is 3.51. The molecule has 0 radical (unpaired) electrons. The first-order chi connectivity index (χ1) is 10.9. The summed E-state index contributed by atoms with van der Waals surface area (Å²) in [6.45, 7) is 5.84. The van der Waals surface area contributed by atoms with Gasteiger partial charge < -0.3 is 14.6 Å². The second kappa shape index (κ2) is 6.71. The van der Waals surface area contributed by atoms with Gasteiger partial charge >= 0.3 is 12.3 Å². The number of halogens is 3. The van der Waals surface area contributed by atoms with E-state index in [0.717, 1.165) is 0 Å². The van der Waals surface area contributed by atoms with Crippen LogP contribution in [-0.4, -0.2) is 58.8 Å². The van der Waals surface area contributed by atoms with Crippen LogP contribution in [0.3, 0.4) is 0 Å². The molecule has 2 rings (SSSR count). The van der Waals surface area contributed by atoms with Gasteiger partial charge in [0.2, 0.25) is 0 Å².